The first kappa shape index (κ1) is 18.6. The lowest BCUT2D eigenvalue weighted by molar-refractivity contribution is -0.120. The van der Waals surface area contributed by atoms with Crippen LogP contribution in [0.25, 0.3) is 10.8 Å². The minimum absolute atomic E-state index is 0.00790. The van der Waals surface area contributed by atoms with E-state index < -0.39 is 0 Å². The fraction of sp³-hybridized carbons (Fsp3) is 0.190. The van der Waals surface area contributed by atoms with Gasteiger partial charge in [-0.1, -0.05) is 48.0 Å². The summed E-state index contributed by atoms with van der Waals surface area (Å²) in [5, 5.41) is 5.64. The summed E-state index contributed by atoms with van der Waals surface area (Å²) in [6.07, 6.45) is 0. The summed E-state index contributed by atoms with van der Waals surface area (Å²) < 4.78 is 5.84. The number of fused-ring (bicyclic) bond motifs is 1. The molecule has 0 aliphatic carbocycles. The van der Waals surface area contributed by atoms with Gasteiger partial charge in [0.2, 0.25) is 5.91 Å². The highest BCUT2D eigenvalue weighted by Crippen LogP contribution is 2.26. The number of ether oxygens (including phenoxy) is 1. The summed E-state index contributed by atoms with van der Waals surface area (Å²) in [6, 6.07) is 21.6. The van der Waals surface area contributed by atoms with Gasteiger partial charge in [0.15, 0.2) is 0 Å². The largest absolute Gasteiger partial charge is 0.491 e. The first-order chi connectivity index (χ1) is 12.6. The molecular formula is C21H20ClNO2S. The van der Waals surface area contributed by atoms with E-state index >= 15 is 0 Å². The molecule has 134 valence electrons. The van der Waals surface area contributed by atoms with Crippen LogP contribution < -0.4 is 10.1 Å². The summed E-state index contributed by atoms with van der Waals surface area (Å²) in [4.78, 5) is 13.2. The summed E-state index contributed by atoms with van der Waals surface area (Å²) >= 11 is 7.38. The Morgan fingerprint density at radius 3 is 2.62 bits per heavy atom. The second-order valence-corrected chi connectivity index (χ2v) is 7.68. The lowest BCUT2D eigenvalue weighted by Crippen LogP contribution is -2.33. The molecule has 5 heteroatoms. The van der Waals surface area contributed by atoms with Crippen molar-refractivity contribution in [1.29, 1.82) is 0 Å². The maximum absolute atomic E-state index is 12.2. The Kier molecular flexibility index (Phi) is 6.42. The quantitative estimate of drug-likeness (QED) is 0.450. The highest BCUT2D eigenvalue weighted by molar-refractivity contribution is 8.00. The predicted molar refractivity (Wildman–Crippen MR) is 109 cm³/mol. The Morgan fingerprint density at radius 2 is 1.81 bits per heavy atom. The Morgan fingerprint density at radius 1 is 1.08 bits per heavy atom. The van der Waals surface area contributed by atoms with Crippen molar-refractivity contribution in [3.63, 3.8) is 0 Å². The number of rotatable bonds is 7. The van der Waals surface area contributed by atoms with Crippen LogP contribution in [0.1, 0.15) is 6.92 Å². The summed E-state index contributed by atoms with van der Waals surface area (Å²) in [5.41, 5.74) is 0. The van der Waals surface area contributed by atoms with E-state index in [1.54, 1.807) is 0 Å². The molecule has 0 aliphatic heterocycles. The van der Waals surface area contributed by atoms with Gasteiger partial charge in [-0.3, -0.25) is 4.79 Å². The van der Waals surface area contributed by atoms with Gasteiger partial charge in [-0.15, -0.1) is 11.8 Å². The molecule has 0 spiro atoms. The van der Waals surface area contributed by atoms with E-state index in [4.69, 9.17) is 16.3 Å². The molecule has 0 saturated heterocycles. The molecule has 0 radical (unpaired) electrons. The van der Waals surface area contributed by atoms with E-state index in [9.17, 15) is 4.79 Å². The summed E-state index contributed by atoms with van der Waals surface area (Å²) in [6.45, 7) is 2.78. The minimum Gasteiger partial charge on any atom is -0.491 e. The molecule has 3 nitrogen and oxygen atoms in total. The van der Waals surface area contributed by atoms with E-state index in [1.807, 2.05) is 61.5 Å². The van der Waals surface area contributed by atoms with Gasteiger partial charge in [0, 0.05) is 15.3 Å². The number of halogens is 1. The van der Waals surface area contributed by atoms with Crippen molar-refractivity contribution in [3.8, 4) is 5.75 Å². The van der Waals surface area contributed by atoms with E-state index in [0.717, 1.165) is 21.4 Å². The number of nitrogens with one attached hydrogen (secondary N) is 1. The molecule has 1 unspecified atom stereocenters. The maximum Gasteiger partial charge on any atom is 0.233 e. The molecule has 0 fully saturated rings. The number of carbonyl (C=O) groups is 1. The van der Waals surface area contributed by atoms with Gasteiger partial charge in [-0.05, 0) is 42.6 Å². The van der Waals surface area contributed by atoms with E-state index in [-0.39, 0.29) is 11.2 Å². The van der Waals surface area contributed by atoms with Crippen LogP contribution in [0.3, 0.4) is 0 Å². The maximum atomic E-state index is 12.2. The molecule has 3 aromatic carbocycles. The molecule has 26 heavy (non-hydrogen) atoms. The second kappa shape index (κ2) is 8.97. The number of amides is 1. The van der Waals surface area contributed by atoms with Crippen LogP contribution in [0.2, 0.25) is 5.02 Å². The topological polar surface area (TPSA) is 38.3 Å². The predicted octanol–water partition coefficient (Wildman–Crippen LogP) is 5.17. The Hall–Kier alpha value is -2.17. The van der Waals surface area contributed by atoms with Gasteiger partial charge < -0.3 is 10.1 Å². The van der Waals surface area contributed by atoms with Crippen molar-refractivity contribution in [2.45, 2.75) is 17.1 Å². The van der Waals surface area contributed by atoms with Gasteiger partial charge in [-0.25, -0.2) is 0 Å². The van der Waals surface area contributed by atoms with Crippen LogP contribution in [-0.2, 0) is 4.79 Å². The van der Waals surface area contributed by atoms with E-state index in [1.165, 1.54) is 11.8 Å². The third-order valence-corrected chi connectivity index (χ3v) is 5.27. The molecule has 0 aromatic heterocycles. The number of hydrogen-bond acceptors (Lipinski definition) is 3. The van der Waals surface area contributed by atoms with Crippen molar-refractivity contribution in [1.82, 2.24) is 5.32 Å². The molecular weight excluding hydrogens is 366 g/mol. The molecule has 1 N–H and O–H groups in total. The van der Waals surface area contributed by atoms with Gasteiger partial charge in [-0.2, -0.15) is 0 Å². The van der Waals surface area contributed by atoms with Crippen molar-refractivity contribution in [2.24, 2.45) is 0 Å². The molecule has 1 amide bonds. The smallest absolute Gasteiger partial charge is 0.233 e. The molecule has 0 heterocycles. The summed E-state index contributed by atoms with van der Waals surface area (Å²) in [7, 11) is 0. The number of thioether (sulfide) groups is 1. The molecule has 0 aliphatic rings. The highest BCUT2D eigenvalue weighted by atomic mass is 35.5. The third-order valence-electron chi connectivity index (χ3n) is 3.90. The second-order valence-electron chi connectivity index (χ2n) is 5.83. The van der Waals surface area contributed by atoms with Gasteiger partial charge >= 0.3 is 0 Å². The van der Waals surface area contributed by atoms with Crippen LogP contribution in [0.15, 0.2) is 71.6 Å². The lowest BCUT2D eigenvalue weighted by Gasteiger charge is -2.13. The molecule has 3 rings (SSSR count). The monoisotopic (exact) mass is 385 g/mol. The SMILES string of the molecule is CC(Sc1ccc(Cl)cc1)C(=O)NCCOc1cccc2ccccc12. The summed E-state index contributed by atoms with van der Waals surface area (Å²) in [5.74, 6) is 0.826. The number of hydrogen-bond donors (Lipinski definition) is 1. The van der Waals surface area contributed by atoms with Gasteiger partial charge in [0.05, 0.1) is 11.8 Å². The molecule has 0 saturated carbocycles. The zero-order valence-electron chi connectivity index (χ0n) is 14.4. The van der Waals surface area contributed by atoms with Crippen molar-refractivity contribution < 1.29 is 9.53 Å². The standard InChI is InChI=1S/C21H20ClNO2S/c1-15(26-18-11-9-17(22)10-12-18)21(24)23-13-14-25-20-8-4-6-16-5-2-3-7-19(16)20/h2-12,15H,13-14H2,1H3,(H,23,24). The van der Waals surface area contributed by atoms with Gasteiger partial charge in [0.1, 0.15) is 12.4 Å². The molecule has 0 bridgehead atoms. The van der Waals surface area contributed by atoms with Crippen LogP contribution in [0, 0.1) is 0 Å². The number of carbonyl (C=O) groups excluding carboxylic acids is 1. The van der Waals surface area contributed by atoms with E-state index in [2.05, 4.69) is 17.4 Å². The average molecular weight is 386 g/mol. The zero-order valence-corrected chi connectivity index (χ0v) is 16.0. The highest BCUT2D eigenvalue weighted by Gasteiger charge is 2.13. The first-order valence-corrected chi connectivity index (χ1v) is 9.70. The Balaban J connectivity index is 1.46. The molecule has 3 aromatic rings. The normalized spacial score (nSPS) is 11.9. The lowest BCUT2D eigenvalue weighted by atomic mass is 10.1. The van der Waals surface area contributed by atoms with Gasteiger partial charge in [0.25, 0.3) is 0 Å². The molecule has 1 atom stereocenters. The average Bonchev–Trinajstić information content (AvgIpc) is 2.67. The number of benzene rings is 3. The Labute approximate surface area is 162 Å². The zero-order chi connectivity index (χ0) is 18.4. The fourth-order valence-electron chi connectivity index (χ4n) is 2.57. The van der Waals surface area contributed by atoms with Crippen LogP contribution in [0.5, 0.6) is 5.75 Å². The van der Waals surface area contributed by atoms with Crippen LogP contribution in [0.4, 0.5) is 0 Å². The van der Waals surface area contributed by atoms with Crippen molar-refractivity contribution >= 4 is 40.0 Å². The van der Waals surface area contributed by atoms with Crippen LogP contribution >= 0.6 is 23.4 Å². The minimum atomic E-state index is -0.186. The fourth-order valence-corrected chi connectivity index (χ4v) is 3.59. The van der Waals surface area contributed by atoms with Crippen molar-refractivity contribution in [2.75, 3.05) is 13.2 Å². The van der Waals surface area contributed by atoms with Crippen molar-refractivity contribution in [3.05, 3.63) is 71.8 Å². The van der Waals surface area contributed by atoms with Crippen LogP contribution in [-0.4, -0.2) is 24.3 Å². The first-order valence-electron chi connectivity index (χ1n) is 8.44. The third kappa shape index (κ3) is 4.93. The van der Waals surface area contributed by atoms with E-state index in [0.29, 0.717) is 18.2 Å². The Bertz CT molecular complexity index is 877.